The van der Waals surface area contributed by atoms with Crippen molar-refractivity contribution in [2.45, 2.75) is 45.4 Å². The zero-order chi connectivity index (χ0) is 13.7. The molecule has 0 bridgehead atoms. The molecule has 0 fully saturated rings. The predicted molar refractivity (Wildman–Crippen MR) is 78.9 cm³/mol. The minimum Gasteiger partial charge on any atom is -0.395 e. The van der Waals surface area contributed by atoms with Gasteiger partial charge in [-0.1, -0.05) is 13.3 Å². The van der Waals surface area contributed by atoms with Crippen molar-refractivity contribution >= 4 is 17.2 Å². The maximum atomic E-state index is 12.5. The molecule has 1 amide bonds. The van der Waals surface area contributed by atoms with Crippen LogP contribution in [0.2, 0.25) is 0 Å². The van der Waals surface area contributed by atoms with Crippen LogP contribution in [0.15, 0.2) is 6.07 Å². The van der Waals surface area contributed by atoms with E-state index in [-0.39, 0.29) is 12.5 Å². The normalized spacial score (nSPS) is 14.8. The minimum atomic E-state index is 0.0385. The largest absolute Gasteiger partial charge is 0.395 e. The minimum absolute atomic E-state index is 0.0385. The summed E-state index contributed by atoms with van der Waals surface area (Å²) in [6.07, 6.45) is 6.96. The highest BCUT2D eigenvalue weighted by Crippen LogP contribution is 2.29. The molecule has 0 radical (unpaired) electrons. The van der Waals surface area contributed by atoms with Crippen LogP contribution >= 0.6 is 11.3 Å². The zero-order valence-corrected chi connectivity index (χ0v) is 12.5. The van der Waals surface area contributed by atoms with Crippen molar-refractivity contribution in [2.24, 2.45) is 0 Å². The molecule has 1 N–H and O–H groups in total. The number of aliphatic hydroxyl groups is 1. The summed E-state index contributed by atoms with van der Waals surface area (Å²) in [4.78, 5) is 16.5. The molecule has 1 aliphatic rings. The molecule has 2 rings (SSSR count). The average molecular weight is 281 g/mol. The van der Waals surface area contributed by atoms with Crippen LogP contribution in [0.4, 0.5) is 0 Å². The zero-order valence-electron chi connectivity index (χ0n) is 11.7. The fraction of sp³-hybridized carbons (Fsp3) is 0.667. The predicted octanol–water partition coefficient (Wildman–Crippen LogP) is 2.86. The van der Waals surface area contributed by atoms with Crippen LogP contribution in [0.5, 0.6) is 0 Å². The van der Waals surface area contributed by atoms with Crippen LogP contribution in [0.1, 0.15) is 52.7 Å². The molecule has 0 saturated heterocycles. The summed E-state index contributed by atoms with van der Waals surface area (Å²) in [5, 5.41) is 9.07. The van der Waals surface area contributed by atoms with Crippen LogP contribution in [0.25, 0.3) is 0 Å². The maximum absolute atomic E-state index is 12.5. The van der Waals surface area contributed by atoms with Gasteiger partial charge in [0, 0.05) is 18.0 Å². The maximum Gasteiger partial charge on any atom is 0.264 e. The van der Waals surface area contributed by atoms with Crippen molar-refractivity contribution in [2.75, 3.05) is 19.7 Å². The Balaban J connectivity index is 2.14. The number of aliphatic hydroxyl groups excluding tert-OH is 1. The molecule has 0 aromatic carbocycles. The van der Waals surface area contributed by atoms with Gasteiger partial charge in [0.1, 0.15) is 0 Å². The molecule has 3 nitrogen and oxygen atoms in total. The number of aryl methyl sites for hydroxylation is 2. The van der Waals surface area contributed by atoms with Gasteiger partial charge in [-0.25, -0.2) is 0 Å². The lowest BCUT2D eigenvalue weighted by Crippen LogP contribution is -2.33. The first kappa shape index (κ1) is 14.5. The number of carbonyl (C=O) groups excluding carboxylic acids is 1. The van der Waals surface area contributed by atoms with E-state index >= 15 is 0 Å². The average Bonchev–Trinajstić information content (AvgIpc) is 2.69. The fourth-order valence-corrected chi connectivity index (χ4v) is 3.86. The highest BCUT2D eigenvalue weighted by molar-refractivity contribution is 7.14. The highest BCUT2D eigenvalue weighted by atomic mass is 32.1. The second-order valence-electron chi connectivity index (χ2n) is 5.14. The third kappa shape index (κ3) is 3.57. The Bertz CT molecular complexity index is 398. The van der Waals surface area contributed by atoms with Crippen molar-refractivity contribution < 1.29 is 9.90 Å². The third-order valence-electron chi connectivity index (χ3n) is 3.61. The number of rotatable bonds is 5. The second-order valence-corrected chi connectivity index (χ2v) is 6.27. The van der Waals surface area contributed by atoms with Gasteiger partial charge in [-0.2, -0.15) is 0 Å². The Labute approximate surface area is 119 Å². The van der Waals surface area contributed by atoms with E-state index in [1.807, 2.05) is 0 Å². The molecule has 0 unspecified atom stereocenters. The van der Waals surface area contributed by atoms with Gasteiger partial charge >= 0.3 is 0 Å². The third-order valence-corrected chi connectivity index (χ3v) is 4.83. The Morgan fingerprint density at radius 1 is 1.32 bits per heavy atom. The fourth-order valence-electron chi connectivity index (χ4n) is 2.63. The van der Waals surface area contributed by atoms with Crippen LogP contribution in [-0.4, -0.2) is 35.6 Å². The van der Waals surface area contributed by atoms with E-state index < -0.39 is 0 Å². The van der Waals surface area contributed by atoms with E-state index in [2.05, 4.69) is 13.0 Å². The molecule has 4 heteroatoms. The Morgan fingerprint density at radius 2 is 2.11 bits per heavy atom. The lowest BCUT2D eigenvalue weighted by molar-refractivity contribution is 0.0726. The summed E-state index contributed by atoms with van der Waals surface area (Å²) in [5.41, 5.74) is 1.38. The molecule has 0 saturated carbocycles. The molecular weight excluding hydrogens is 258 g/mol. The quantitative estimate of drug-likeness (QED) is 0.843. The van der Waals surface area contributed by atoms with E-state index in [1.165, 1.54) is 29.7 Å². The molecule has 1 aromatic rings. The Hall–Kier alpha value is -0.870. The lowest BCUT2D eigenvalue weighted by Gasteiger charge is -2.20. The number of nitrogens with zero attached hydrogens (tertiary/aromatic N) is 1. The molecule has 106 valence electrons. The van der Waals surface area contributed by atoms with E-state index in [0.29, 0.717) is 6.54 Å². The van der Waals surface area contributed by atoms with Crippen LogP contribution < -0.4 is 0 Å². The molecule has 0 spiro atoms. The number of hydrogen-bond acceptors (Lipinski definition) is 3. The first-order valence-electron chi connectivity index (χ1n) is 7.28. The van der Waals surface area contributed by atoms with Crippen LogP contribution in [0, 0.1) is 0 Å². The first-order valence-corrected chi connectivity index (χ1v) is 8.09. The van der Waals surface area contributed by atoms with E-state index in [9.17, 15) is 4.79 Å². The number of fused-ring (bicyclic) bond motifs is 1. The van der Waals surface area contributed by atoms with Gasteiger partial charge in [-0.15, -0.1) is 11.3 Å². The molecule has 0 atom stereocenters. The van der Waals surface area contributed by atoms with Gasteiger partial charge < -0.3 is 10.0 Å². The smallest absolute Gasteiger partial charge is 0.264 e. The van der Waals surface area contributed by atoms with Crippen molar-refractivity contribution in [1.29, 1.82) is 0 Å². The molecule has 1 aliphatic carbocycles. The monoisotopic (exact) mass is 281 g/mol. The van der Waals surface area contributed by atoms with Crippen molar-refractivity contribution in [3.05, 3.63) is 21.4 Å². The highest BCUT2D eigenvalue weighted by Gasteiger charge is 2.20. The van der Waals surface area contributed by atoms with Gasteiger partial charge in [0.2, 0.25) is 0 Å². The van der Waals surface area contributed by atoms with Gasteiger partial charge in [-0.05, 0) is 43.7 Å². The lowest BCUT2D eigenvalue weighted by atomic mass is 10.1. The molecule has 1 heterocycles. The number of thiophene rings is 1. The molecular formula is C15H23NO2S. The second kappa shape index (κ2) is 7.06. The number of amides is 1. The summed E-state index contributed by atoms with van der Waals surface area (Å²) in [6, 6.07) is 2.09. The summed E-state index contributed by atoms with van der Waals surface area (Å²) in [7, 11) is 0. The van der Waals surface area contributed by atoms with Crippen molar-refractivity contribution in [1.82, 2.24) is 4.90 Å². The van der Waals surface area contributed by atoms with Crippen molar-refractivity contribution in [3.8, 4) is 0 Å². The van der Waals surface area contributed by atoms with Crippen LogP contribution in [0.3, 0.4) is 0 Å². The Morgan fingerprint density at radius 3 is 2.84 bits per heavy atom. The van der Waals surface area contributed by atoms with Crippen LogP contribution in [-0.2, 0) is 12.8 Å². The summed E-state index contributed by atoms with van der Waals surface area (Å²) < 4.78 is 0. The standard InChI is InChI=1S/C15H23NO2S/c1-2-8-16(9-10-17)15(18)14-11-12-6-4-3-5-7-13(12)19-14/h11,17H,2-10H2,1H3. The summed E-state index contributed by atoms with van der Waals surface area (Å²) in [6.45, 7) is 3.26. The Kier molecular flexibility index (Phi) is 5.40. The topological polar surface area (TPSA) is 40.5 Å². The van der Waals surface area contributed by atoms with E-state index in [4.69, 9.17) is 5.11 Å². The molecule has 0 aliphatic heterocycles. The SMILES string of the molecule is CCCN(CCO)C(=O)c1cc2c(s1)CCCCC2. The van der Waals surface area contributed by atoms with E-state index in [1.54, 1.807) is 16.2 Å². The van der Waals surface area contributed by atoms with Gasteiger partial charge in [0.25, 0.3) is 5.91 Å². The first-order chi connectivity index (χ1) is 9.26. The van der Waals surface area contributed by atoms with E-state index in [0.717, 1.165) is 30.7 Å². The molecule has 19 heavy (non-hydrogen) atoms. The summed E-state index contributed by atoms with van der Waals surface area (Å²) >= 11 is 1.66. The van der Waals surface area contributed by atoms with Gasteiger partial charge in [0.05, 0.1) is 11.5 Å². The van der Waals surface area contributed by atoms with Gasteiger partial charge in [-0.3, -0.25) is 4.79 Å². The summed E-state index contributed by atoms with van der Waals surface area (Å²) in [5.74, 6) is 0.0916. The van der Waals surface area contributed by atoms with Gasteiger partial charge in [0.15, 0.2) is 0 Å². The van der Waals surface area contributed by atoms with Crippen molar-refractivity contribution in [3.63, 3.8) is 0 Å². The number of carbonyl (C=O) groups is 1. The number of hydrogen-bond donors (Lipinski definition) is 1. The molecule has 1 aromatic heterocycles.